The summed E-state index contributed by atoms with van der Waals surface area (Å²) in [6, 6.07) is 0. The minimum atomic E-state index is 0.0331. The molecule has 0 bridgehead atoms. The Kier molecular flexibility index (Phi) is 1.47. The van der Waals surface area contributed by atoms with Crippen LogP contribution in [-0.2, 0) is 4.74 Å². The molecule has 9 heavy (non-hydrogen) atoms. The molecule has 2 heteroatoms. The Morgan fingerprint density at radius 2 is 2.33 bits per heavy atom. The van der Waals surface area contributed by atoms with Gasteiger partial charge in [0, 0.05) is 6.42 Å². The van der Waals surface area contributed by atoms with Crippen molar-refractivity contribution in [1.82, 2.24) is 0 Å². The molecule has 0 spiro atoms. The SMILES string of the molecule is CCC1=NC(C)(C)CO1. The lowest BCUT2D eigenvalue weighted by Gasteiger charge is -2.07. The van der Waals surface area contributed by atoms with Crippen molar-refractivity contribution in [3.63, 3.8) is 0 Å². The molecule has 2 nitrogen and oxygen atoms in total. The molecule has 1 heterocycles. The van der Waals surface area contributed by atoms with Crippen LogP contribution in [0.5, 0.6) is 0 Å². The van der Waals surface area contributed by atoms with Crippen LogP contribution in [0.25, 0.3) is 0 Å². The van der Waals surface area contributed by atoms with Crippen LogP contribution >= 0.6 is 0 Å². The second kappa shape index (κ2) is 2.01. The zero-order valence-corrected chi connectivity index (χ0v) is 6.27. The Morgan fingerprint density at radius 1 is 1.67 bits per heavy atom. The highest BCUT2D eigenvalue weighted by Gasteiger charge is 2.24. The number of hydrogen-bond acceptors (Lipinski definition) is 2. The molecular weight excluding hydrogens is 114 g/mol. The summed E-state index contributed by atoms with van der Waals surface area (Å²) in [5.74, 6) is 0.903. The Hall–Kier alpha value is -0.530. The fraction of sp³-hybridized carbons (Fsp3) is 0.857. The van der Waals surface area contributed by atoms with Crippen molar-refractivity contribution in [2.75, 3.05) is 6.61 Å². The maximum atomic E-state index is 5.27. The number of hydrogen-bond donors (Lipinski definition) is 0. The Balaban J connectivity index is 2.61. The second-order valence-corrected chi connectivity index (χ2v) is 2.96. The van der Waals surface area contributed by atoms with Crippen molar-refractivity contribution < 1.29 is 4.74 Å². The normalized spacial score (nSPS) is 23.2. The highest BCUT2D eigenvalue weighted by molar-refractivity contribution is 5.77. The minimum absolute atomic E-state index is 0.0331. The zero-order valence-electron chi connectivity index (χ0n) is 6.27. The summed E-state index contributed by atoms with van der Waals surface area (Å²) in [4.78, 5) is 4.33. The fourth-order valence-corrected chi connectivity index (χ4v) is 0.843. The Bertz CT molecular complexity index is 138. The molecule has 0 saturated heterocycles. The lowest BCUT2D eigenvalue weighted by Crippen LogP contribution is -2.17. The van der Waals surface area contributed by atoms with Gasteiger partial charge in [-0.2, -0.15) is 0 Å². The Labute approximate surface area is 55.9 Å². The van der Waals surface area contributed by atoms with Crippen LogP contribution in [0.15, 0.2) is 4.99 Å². The van der Waals surface area contributed by atoms with E-state index in [2.05, 4.69) is 25.8 Å². The lowest BCUT2D eigenvalue weighted by atomic mass is 10.1. The van der Waals surface area contributed by atoms with Gasteiger partial charge in [0.2, 0.25) is 0 Å². The molecule has 0 aliphatic carbocycles. The van der Waals surface area contributed by atoms with Gasteiger partial charge in [0.1, 0.15) is 6.61 Å². The van der Waals surface area contributed by atoms with Crippen molar-refractivity contribution in [3.05, 3.63) is 0 Å². The van der Waals surface area contributed by atoms with Gasteiger partial charge in [-0.1, -0.05) is 6.92 Å². The summed E-state index contributed by atoms with van der Waals surface area (Å²) in [6.45, 7) is 6.96. The van der Waals surface area contributed by atoms with Crippen molar-refractivity contribution in [3.8, 4) is 0 Å². The molecule has 1 aliphatic heterocycles. The predicted octanol–water partition coefficient (Wildman–Crippen LogP) is 1.60. The molecule has 52 valence electrons. The Morgan fingerprint density at radius 3 is 2.56 bits per heavy atom. The molecule has 0 saturated carbocycles. The third-order valence-corrected chi connectivity index (χ3v) is 1.32. The molecule has 0 N–H and O–H groups in total. The van der Waals surface area contributed by atoms with E-state index in [0.29, 0.717) is 0 Å². The summed E-state index contributed by atoms with van der Waals surface area (Å²) in [6.07, 6.45) is 0.920. The first-order valence-corrected chi connectivity index (χ1v) is 3.35. The lowest BCUT2D eigenvalue weighted by molar-refractivity contribution is 0.274. The van der Waals surface area contributed by atoms with Crippen LogP contribution < -0.4 is 0 Å². The van der Waals surface area contributed by atoms with Crippen LogP contribution in [-0.4, -0.2) is 18.0 Å². The van der Waals surface area contributed by atoms with Gasteiger partial charge in [0.05, 0.1) is 5.54 Å². The van der Waals surface area contributed by atoms with Gasteiger partial charge in [-0.15, -0.1) is 0 Å². The molecule has 1 aliphatic rings. The van der Waals surface area contributed by atoms with Gasteiger partial charge in [-0.25, -0.2) is 4.99 Å². The van der Waals surface area contributed by atoms with Gasteiger partial charge in [-0.3, -0.25) is 0 Å². The number of rotatable bonds is 1. The van der Waals surface area contributed by atoms with E-state index >= 15 is 0 Å². The van der Waals surface area contributed by atoms with Crippen LogP contribution in [0.2, 0.25) is 0 Å². The molecule has 0 atom stereocenters. The molecule has 1 rings (SSSR count). The first kappa shape index (κ1) is 6.59. The van der Waals surface area contributed by atoms with Crippen molar-refractivity contribution in [1.29, 1.82) is 0 Å². The standard InChI is InChI=1S/C7H13NO/c1-4-6-8-7(2,3)5-9-6/h4-5H2,1-3H3. The first-order valence-electron chi connectivity index (χ1n) is 3.35. The van der Waals surface area contributed by atoms with E-state index in [4.69, 9.17) is 4.74 Å². The molecule has 0 amide bonds. The molecule has 0 unspecified atom stereocenters. The topological polar surface area (TPSA) is 21.6 Å². The average Bonchev–Trinajstić information content (AvgIpc) is 2.10. The summed E-state index contributed by atoms with van der Waals surface area (Å²) in [5, 5.41) is 0. The third-order valence-electron chi connectivity index (χ3n) is 1.32. The molecule has 0 aromatic carbocycles. The van der Waals surface area contributed by atoms with E-state index in [1.165, 1.54) is 0 Å². The quantitative estimate of drug-likeness (QED) is 0.524. The third kappa shape index (κ3) is 1.44. The van der Waals surface area contributed by atoms with Crippen LogP contribution in [0.4, 0.5) is 0 Å². The van der Waals surface area contributed by atoms with E-state index in [-0.39, 0.29) is 5.54 Å². The van der Waals surface area contributed by atoms with E-state index in [9.17, 15) is 0 Å². The van der Waals surface area contributed by atoms with Gasteiger partial charge >= 0.3 is 0 Å². The van der Waals surface area contributed by atoms with E-state index in [1.54, 1.807) is 0 Å². The van der Waals surface area contributed by atoms with Crippen LogP contribution in [0, 0.1) is 0 Å². The number of ether oxygens (including phenoxy) is 1. The molecule has 0 fully saturated rings. The number of aliphatic imine (C=N–C) groups is 1. The molecule has 0 radical (unpaired) electrons. The summed E-state index contributed by atoms with van der Waals surface area (Å²) >= 11 is 0. The van der Waals surface area contributed by atoms with Gasteiger partial charge in [0.15, 0.2) is 5.90 Å². The predicted molar refractivity (Wildman–Crippen MR) is 37.8 cm³/mol. The highest BCUT2D eigenvalue weighted by atomic mass is 16.5. The molecule has 0 aromatic heterocycles. The van der Waals surface area contributed by atoms with Crippen molar-refractivity contribution >= 4 is 5.90 Å². The molecule has 0 aromatic rings. The van der Waals surface area contributed by atoms with Crippen LogP contribution in [0.1, 0.15) is 27.2 Å². The maximum absolute atomic E-state index is 5.27. The van der Waals surface area contributed by atoms with E-state index < -0.39 is 0 Å². The largest absolute Gasteiger partial charge is 0.478 e. The van der Waals surface area contributed by atoms with Crippen LogP contribution in [0.3, 0.4) is 0 Å². The van der Waals surface area contributed by atoms with Gasteiger partial charge in [-0.05, 0) is 13.8 Å². The summed E-state index contributed by atoms with van der Waals surface area (Å²) in [5.41, 5.74) is 0.0331. The van der Waals surface area contributed by atoms with Gasteiger partial charge < -0.3 is 4.74 Å². The molecular formula is C7H13NO. The zero-order chi connectivity index (χ0) is 6.91. The van der Waals surface area contributed by atoms with Crippen molar-refractivity contribution in [2.24, 2.45) is 4.99 Å². The monoisotopic (exact) mass is 127 g/mol. The first-order chi connectivity index (χ1) is 4.14. The minimum Gasteiger partial charge on any atom is -0.478 e. The summed E-state index contributed by atoms with van der Waals surface area (Å²) in [7, 11) is 0. The van der Waals surface area contributed by atoms with Gasteiger partial charge in [0.25, 0.3) is 0 Å². The van der Waals surface area contributed by atoms with Crippen molar-refractivity contribution in [2.45, 2.75) is 32.7 Å². The van der Waals surface area contributed by atoms with E-state index in [0.717, 1.165) is 18.9 Å². The fourth-order valence-electron chi connectivity index (χ4n) is 0.843. The second-order valence-electron chi connectivity index (χ2n) is 2.96. The van der Waals surface area contributed by atoms with E-state index in [1.807, 2.05) is 0 Å². The number of nitrogens with zero attached hydrogens (tertiary/aromatic N) is 1. The summed E-state index contributed by atoms with van der Waals surface area (Å²) < 4.78 is 5.27. The highest BCUT2D eigenvalue weighted by Crippen LogP contribution is 2.17. The average molecular weight is 127 g/mol. The maximum Gasteiger partial charge on any atom is 0.183 e. The smallest absolute Gasteiger partial charge is 0.183 e.